The standard InChI is InChI=1S/C18H31N5O4S/c1-16-12-19-22(13-16)15-18(24)21-7-4-17(14-21)23(28(2,25)26)6-3-5-20-8-10-27-11-9-20/h12-13,17H,3-11,14-15H2,1-2H3. The van der Waals surface area contributed by atoms with Crippen LogP contribution < -0.4 is 0 Å². The van der Waals surface area contributed by atoms with Gasteiger partial charge in [-0.1, -0.05) is 0 Å². The van der Waals surface area contributed by atoms with E-state index in [4.69, 9.17) is 4.74 Å². The van der Waals surface area contributed by atoms with Crippen molar-refractivity contribution >= 4 is 15.9 Å². The number of ether oxygens (including phenoxy) is 1. The lowest BCUT2D eigenvalue weighted by Crippen LogP contribution is -2.44. The Balaban J connectivity index is 1.52. The Labute approximate surface area is 167 Å². The minimum Gasteiger partial charge on any atom is -0.379 e. The second-order valence-electron chi connectivity index (χ2n) is 7.68. The van der Waals surface area contributed by atoms with Gasteiger partial charge in [-0.25, -0.2) is 8.42 Å². The molecule has 10 heteroatoms. The molecule has 1 amide bonds. The SMILES string of the molecule is Cc1cnn(CC(=O)N2CCC(N(CCCN3CCOCC3)S(C)(=O)=O)C2)c1. The van der Waals surface area contributed by atoms with E-state index in [9.17, 15) is 13.2 Å². The van der Waals surface area contributed by atoms with Crippen LogP contribution in [0.4, 0.5) is 0 Å². The molecule has 3 rings (SSSR count). The molecule has 0 radical (unpaired) electrons. The van der Waals surface area contributed by atoms with E-state index in [1.54, 1.807) is 20.1 Å². The van der Waals surface area contributed by atoms with E-state index in [1.807, 2.05) is 13.1 Å². The van der Waals surface area contributed by atoms with Crippen LogP contribution in [-0.2, 0) is 26.1 Å². The van der Waals surface area contributed by atoms with Crippen LogP contribution in [0.1, 0.15) is 18.4 Å². The van der Waals surface area contributed by atoms with Gasteiger partial charge in [-0.2, -0.15) is 9.40 Å². The van der Waals surface area contributed by atoms with E-state index >= 15 is 0 Å². The highest BCUT2D eigenvalue weighted by atomic mass is 32.2. The molecule has 1 atom stereocenters. The number of carbonyl (C=O) groups is 1. The maximum Gasteiger partial charge on any atom is 0.244 e. The van der Waals surface area contributed by atoms with Crippen molar-refractivity contribution in [1.82, 2.24) is 23.9 Å². The fraction of sp³-hybridized carbons (Fsp3) is 0.778. The quantitative estimate of drug-likeness (QED) is 0.585. The first kappa shape index (κ1) is 21.2. The van der Waals surface area contributed by atoms with Crippen molar-refractivity contribution in [3.8, 4) is 0 Å². The number of rotatable bonds is 8. The Morgan fingerprint density at radius 3 is 2.71 bits per heavy atom. The van der Waals surface area contributed by atoms with Gasteiger partial charge in [0.05, 0.1) is 25.7 Å². The van der Waals surface area contributed by atoms with Gasteiger partial charge in [-0.05, 0) is 31.9 Å². The average molecular weight is 414 g/mol. The van der Waals surface area contributed by atoms with Crippen LogP contribution in [0.2, 0.25) is 0 Å². The predicted molar refractivity (Wildman–Crippen MR) is 105 cm³/mol. The molecular weight excluding hydrogens is 382 g/mol. The molecular formula is C18H31N5O4S. The number of carbonyl (C=O) groups excluding carboxylic acids is 1. The van der Waals surface area contributed by atoms with Crippen molar-refractivity contribution in [1.29, 1.82) is 0 Å². The maximum atomic E-state index is 12.5. The van der Waals surface area contributed by atoms with Gasteiger partial charge in [0.2, 0.25) is 15.9 Å². The van der Waals surface area contributed by atoms with E-state index in [0.29, 0.717) is 26.1 Å². The number of nitrogens with zero attached hydrogens (tertiary/aromatic N) is 5. The summed E-state index contributed by atoms with van der Waals surface area (Å²) < 4.78 is 33.2. The molecule has 0 saturated carbocycles. The number of morpholine rings is 1. The van der Waals surface area contributed by atoms with E-state index < -0.39 is 10.0 Å². The minimum absolute atomic E-state index is 0.0210. The van der Waals surface area contributed by atoms with E-state index in [2.05, 4.69) is 10.00 Å². The summed E-state index contributed by atoms with van der Waals surface area (Å²) in [6, 6.07) is -0.150. The number of hydrogen-bond donors (Lipinski definition) is 0. The maximum absolute atomic E-state index is 12.5. The van der Waals surface area contributed by atoms with E-state index in [0.717, 1.165) is 44.8 Å². The van der Waals surface area contributed by atoms with Crippen LogP contribution >= 0.6 is 0 Å². The lowest BCUT2D eigenvalue weighted by Gasteiger charge is -2.30. The number of sulfonamides is 1. The smallest absolute Gasteiger partial charge is 0.244 e. The highest BCUT2D eigenvalue weighted by molar-refractivity contribution is 7.88. The lowest BCUT2D eigenvalue weighted by molar-refractivity contribution is -0.131. The van der Waals surface area contributed by atoms with Crippen LogP contribution in [0.5, 0.6) is 0 Å². The van der Waals surface area contributed by atoms with Crippen LogP contribution in [0.3, 0.4) is 0 Å². The summed E-state index contributed by atoms with van der Waals surface area (Å²) >= 11 is 0. The Morgan fingerprint density at radius 1 is 1.32 bits per heavy atom. The van der Waals surface area contributed by atoms with Gasteiger partial charge in [0, 0.05) is 45.0 Å². The number of likely N-dealkylation sites (tertiary alicyclic amines) is 1. The van der Waals surface area contributed by atoms with Gasteiger partial charge in [-0.3, -0.25) is 14.4 Å². The van der Waals surface area contributed by atoms with Gasteiger partial charge >= 0.3 is 0 Å². The number of aromatic nitrogens is 2. The molecule has 2 aliphatic heterocycles. The first-order chi connectivity index (χ1) is 13.3. The van der Waals surface area contributed by atoms with Crippen molar-refractivity contribution in [2.75, 3.05) is 58.7 Å². The molecule has 2 saturated heterocycles. The zero-order valence-electron chi connectivity index (χ0n) is 16.8. The number of amides is 1. The molecule has 0 N–H and O–H groups in total. The summed E-state index contributed by atoms with van der Waals surface area (Å²) in [5, 5.41) is 4.15. The third-order valence-electron chi connectivity index (χ3n) is 5.37. The highest BCUT2D eigenvalue weighted by Crippen LogP contribution is 2.19. The first-order valence-electron chi connectivity index (χ1n) is 9.86. The topological polar surface area (TPSA) is 88.0 Å². The van der Waals surface area contributed by atoms with Crippen molar-refractivity contribution in [2.45, 2.75) is 32.4 Å². The molecule has 2 aliphatic rings. The molecule has 9 nitrogen and oxygen atoms in total. The monoisotopic (exact) mass is 413 g/mol. The van der Waals surface area contributed by atoms with Crippen LogP contribution in [0.25, 0.3) is 0 Å². The molecule has 0 aliphatic carbocycles. The number of aryl methyl sites for hydroxylation is 1. The van der Waals surface area contributed by atoms with Crippen molar-refractivity contribution in [3.63, 3.8) is 0 Å². The Bertz CT molecular complexity index is 760. The molecule has 0 bridgehead atoms. The summed E-state index contributed by atoms with van der Waals surface area (Å²) in [6.07, 6.45) is 6.27. The zero-order chi connectivity index (χ0) is 20.1. The molecule has 0 aromatic carbocycles. The predicted octanol–water partition coefficient (Wildman–Crippen LogP) is -0.224. The van der Waals surface area contributed by atoms with Crippen LogP contribution in [0, 0.1) is 6.92 Å². The van der Waals surface area contributed by atoms with Gasteiger partial charge in [0.15, 0.2) is 0 Å². The summed E-state index contributed by atoms with van der Waals surface area (Å²) in [7, 11) is -3.32. The normalized spacial score (nSPS) is 21.5. The molecule has 1 unspecified atom stereocenters. The van der Waals surface area contributed by atoms with Gasteiger partial charge < -0.3 is 9.64 Å². The molecule has 1 aromatic rings. The Morgan fingerprint density at radius 2 is 2.07 bits per heavy atom. The van der Waals surface area contributed by atoms with Crippen molar-refractivity contribution < 1.29 is 17.9 Å². The van der Waals surface area contributed by atoms with Gasteiger partial charge in [0.25, 0.3) is 0 Å². The fourth-order valence-electron chi connectivity index (χ4n) is 3.89. The molecule has 0 spiro atoms. The first-order valence-corrected chi connectivity index (χ1v) is 11.7. The van der Waals surface area contributed by atoms with E-state index in [1.165, 1.54) is 6.26 Å². The number of hydrogen-bond acceptors (Lipinski definition) is 6. The third-order valence-corrected chi connectivity index (χ3v) is 6.70. The second kappa shape index (κ2) is 9.34. The van der Waals surface area contributed by atoms with Crippen molar-refractivity contribution in [2.24, 2.45) is 0 Å². The van der Waals surface area contributed by atoms with E-state index in [-0.39, 0.29) is 18.5 Å². The second-order valence-corrected chi connectivity index (χ2v) is 9.61. The molecule has 2 fully saturated rings. The largest absolute Gasteiger partial charge is 0.379 e. The van der Waals surface area contributed by atoms with Crippen LogP contribution in [-0.4, -0.2) is 103 Å². The van der Waals surface area contributed by atoms with Gasteiger partial charge in [0.1, 0.15) is 6.54 Å². The zero-order valence-corrected chi connectivity index (χ0v) is 17.6. The Kier molecular flexibility index (Phi) is 7.08. The fourth-order valence-corrected chi connectivity index (χ4v) is 5.06. The molecule has 3 heterocycles. The molecule has 1 aromatic heterocycles. The highest BCUT2D eigenvalue weighted by Gasteiger charge is 2.34. The van der Waals surface area contributed by atoms with Gasteiger partial charge in [-0.15, -0.1) is 0 Å². The lowest BCUT2D eigenvalue weighted by atomic mass is 10.2. The van der Waals surface area contributed by atoms with Crippen LogP contribution in [0.15, 0.2) is 12.4 Å². The summed E-state index contributed by atoms with van der Waals surface area (Å²) in [4.78, 5) is 16.6. The molecule has 158 valence electrons. The summed E-state index contributed by atoms with van der Waals surface area (Å²) in [6.45, 7) is 7.79. The summed E-state index contributed by atoms with van der Waals surface area (Å²) in [5.41, 5.74) is 1.01. The minimum atomic E-state index is -3.32. The Hall–Kier alpha value is -1.49. The average Bonchev–Trinajstić information content (AvgIpc) is 3.28. The summed E-state index contributed by atoms with van der Waals surface area (Å²) in [5.74, 6) is -0.0210. The molecule has 28 heavy (non-hydrogen) atoms. The third kappa shape index (κ3) is 5.76. The van der Waals surface area contributed by atoms with Crippen molar-refractivity contribution in [3.05, 3.63) is 18.0 Å².